The number of benzene rings is 1. The first-order valence-electron chi connectivity index (χ1n) is 3.68. The summed E-state index contributed by atoms with van der Waals surface area (Å²) in [4.78, 5) is 14.0. The summed E-state index contributed by atoms with van der Waals surface area (Å²) < 4.78 is 0. The van der Waals surface area contributed by atoms with Crippen LogP contribution in [0.4, 0.5) is 5.69 Å². The van der Waals surface area contributed by atoms with Gasteiger partial charge in [-0.05, 0) is 12.5 Å². The van der Waals surface area contributed by atoms with Gasteiger partial charge in [0.25, 0.3) is 0 Å². The monoisotopic (exact) mass is 159 g/mol. The van der Waals surface area contributed by atoms with Crippen molar-refractivity contribution in [1.82, 2.24) is 0 Å². The van der Waals surface area contributed by atoms with Gasteiger partial charge >= 0.3 is 0 Å². The van der Waals surface area contributed by atoms with E-state index < -0.39 is 0 Å². The molecule has 0 unspecified atom stereocenters. The highest BCUT2D eigenvalue weighted by Gasteiger charge is 1.96. The van der Waals surface area contributed by atoms with Crippen LogP contribution in [0.5, 0.6) is 0 Å². The predicted molar refractivity (Wildman–Crippen MR) is 47.1 cm³/mol. The van der Waals surface area contributed by atoms with Crippen LogP contribution in [0.1, 0.15) is 12.5 Å². The molecule has 1 aromatic carbocycles. The molecule has 0 aliphatic carbocycles. The Bertz CT molecular complexity index is 319. The highest BCUT2D eigenvalue weighted by atomic mass is 16.1. The van der Waals surface area contributed by atoms with Crippen molar-refractivity contribution in [1.29, 1.82) is 0 Å². The van der Waals surface area contributed by atoms with Gasteiger partial charge in [-0.3, -0.25) is 4.79 Å². The third kappa shape index (κ3) is 2.21. The van der Waals surface area contributed by atoms with Gasteiger partial charge in [0.15, 0.2) is 5.69 Å². The van der Waals surface area contributed by atoms with Crippen molar-refractivity contribution in [2.75, 3.05) is 0 Å². The zero-order chi connectivity index (χ0) is 8.97. The number of ketones is 1. The number of hydrogen-bond donors (Lipinski definition) is 0. The molecule has 12 heavy (non-hydrogen) atoms. The van der Waals surface area contributed by atoms with Gasteiger partial charge in [0.1, 0.15) is 5.78 Å². The maximum absolute atomic E-state index is 10.7. The molecule has 0 aliphatic rings. The Morgan fingerprint density at radius 3 is 2.42 bits per heavy atom. The lowest BCUT2D eigenvalue weighted by molar-refractivity contribution is -0.116. The molecule has 0 amide bonds. The van der Waals surface area contributed by atoms with Crippen molar-refractivity contribution >= 4 is 11.5 Å². The van der Waals surface area contributed by atoms with E-state index in [0.29, 0.717) is 12.1 Å². The van der Waals surface area contributed by atoms with Crippen LogP contribution in [0.3, 0.4) is 0 Å². The largest absolute Gasteiger partial charge is 0.300 e. The Morgan fingerprint density at radius 1 is 1.42 bits per heavy atom. The van der Waals surface area contributed by atoms with E-state index in [1.807, 2.05) is 12.1 Å². The van der Waals surface area contributed by atoms with Gasteiger partial charge in [0.05, 0.1) is 6.57 Å². The minimum absolute atomic E-state index is 0.144. The second-order valence-corrected chi connectivity index (χ2v) is 2.66. The number of Topliss-reactive ketones (excluding diaryl/α,β-unsaturated/α-hetero) is 1. The van der Waals surface area contributed by atoms with E-state index in [1.54, 1.807) is 19.1 Å². The molecule has 0 radical (unpaired) electrons. The lowest BCUT2D eigenvalue weighted by Crippen LogP contribution is -1.94. The Hall–Kier alpha value is -1.62. The van der Waals surface area contributed by atoms with E-state index in [0.717, 1.165) is 5.56 Å². The molecule has 0 atom stereocenters. The Labute approximate surface area is 71.7 Å². The SMILES string of the molecule is [C-]#[N+]c1ccc(CC(C)=O)cc1. The van der Waals surface area contributed by atoms with Crippen LogP contribution >= 0.6 is 0 Å². The third-order valence-corrected chi connectivity index (χ3v) is 1.52. The molecular formula is C10H9NO. The summed E-state index contributed by atoms with van der Waals surface area (Å²) in [5.41, 5.74) is 1.58. The van der Waals surface area contributed by atoms with Crippen molar-refractivity contribution in [2.24, 2.45) is 0 Å². The van der Waals surface area contributed by atoms with Crippen LogP contribution in [-0.4, -0.2) is 5.78 Å². The standard InChI is InChI=1S/C10H9NO/c1-8(12)7-9-3-5-10(11-2)6-4-9/h3-6H,7H2,1H3. The van der Waals surface area contributed by atoms with Crippen LogP contribution in [0.15, 0.2) is 24.3 Å². The molecule has 60 valence electrons. The number of rotatable bonds is 2. The molecule has 0 heterocycles. The van der Waals surface area contributed by atoms with Gasteiger partial charge in [-0.2, -0.15) is 0 Å². The smallest absolute Gasteiger partial charge is 0.187 e. The summed E-state index contributed by atoms with van der Waals surface area (Å²) in [5.74, 6) is 0.144. The van der Waals surface area contributed by atoms with E-state index in [4.69, 9.17) is 6.57 Å². The third-order valence-electron chi connectivity index (χ3n) is 1.52. The predicted octanol–water partition coefficient (Wildman–Crippen LogP) is 2.37. The van der Waals surface area contributed by atoms with E-state index in [9.17, 15) is 4.79 Å². The topological polar surface area (TPSA) is 21.4 Å². The first-order chi connectivity index (χ1) is 5.72. The highest BCUT2D eigenvalue weighted by Crippen LogP contribution is 2.12. The maximum atomic E-state index is 10.7. The summed E-state index contributed by atoms with van der Waals surface area (Å²) in [7, 11) is 0. The summed E-state index contributed by atoms with van der Waals surface area (Å²) in [6.45, 7) is 8.27. The number of carbonyl (C=O) groups is 1. The molecule has 0 saturated heterocycles. The van der Waals surface area contributed by atoms with Crippen molar-refractivity contribution in [3.8, 4) is 0 Å². The zero-order valence-corrected chi connectivity index (χ0v) is 6.87. The fourth-order valence-corrected chi connectivity index (χ4v) is 0.976. The second-order valence-electron chi connectivity index (χ2n) is 2.66. The molecular weight excluding hydrogens is 150 g/mol. The summed E-state index contributed by atoms with van der Waals surface area (Å²) in [6, 6.07) is 7.08. The number of hydrogen-bond acceptors (Lipinski definition) is 1. The minimum Gasteiger partial charge on any atom is -0.300 e. The molecule has 0 aromatic heterocycles. The molecule has 2 nitrogen and oxygen atoms in total. The number of nitrogens with zero attached hydrogens (tertiary/aromatic N) is 1. The zero-order valence-electron chi connectivity index (χ0n) is 6.87. The lowest BCUT2D eigenvalue weighted by Gasteiger charge is -1.96. The van der Waals surface area contributed by atoms with Crippen molar-refractivity contribution < 1.29 is 4.79 Å². The molecule has 0 aliphatic heterocycles. The Balaban J connectivity index is 2.80. The molecule has 1 aromatic rings. The Morgan fingerprint density at radius 2 is 2.00 bits per heavy atom. The number of carbonyl (C=O) groups excluding carboxylic acids is 1. The molecule has 0 spiro atoms. The first kappa shape index (κ1) is 8.48. The average molecular weight is 159 g/mol. The first-order valence-corrected chi connectivity index (χ1v) is 3.68. The van der Waals surface area contributed by atoms with E-state index in [-0.39, 0.29) is 5.78 Å². The van der Waals surface area contributed by atoms with E-state index >= 15 is 0 Å². The van der Waals surface area contributed by atoms with E-state index in [1.165, 1.54) is 0 Å². The molecule has 1 rings (SSSR count). The van der Waals surface area contributed by atoms with Gasteiger partial charge in [-0.15, -0.1) is 0 Å². The van der Waals surface area contributed by atoms with Crippen LogP contribution in [0.2, 0.25) is 0 Å². The average Bonchev–Trinajstić information content (AvgIpc) is 2.05. The van der Waals surface area contributed by atoms with Gasteiger partial charge in [-0.25, -0.2) is 4.85 Å². The van der Waals surface area contributed by atoms with Crippen LogP contribution in [0, 0.1) is 6.57 Å². The normalized spacial score (nSPS) is 9.00. The fourth-order valence-electron chi connectivity index (χ4n) is 0.976. The fraction of sp³-hybridized carbons (Fsp3) is 0.200. The van der Waals surface area contributed by atoms with Crippen LogP contribution in [-0.2, 0) is 11.2 Å². The summed E-state index contributed by atoms with van der Waals surface area (Å²) >= 11 is 0. The highest BCUT2D eigenvalue weighted by molar-refractivity contribution is 5.78. The van der Waals surface area contributed by atoms with Crippen molar-refractivity contribution in [2.45, 2.75) is 13.3 Å². The molecule has 0 bridgehead atoms. The maximum Gasteiger partial charge on any atom is 0.187 e. The van der Waals surface area contributed by atoms with Crippen molar-refractivity contribution in [3.63, 3.8) is 0 Å². The van der Waals surface area contributed by atoms with E-state index in [2.05, 4.69) is 4.85 Å². The Kier molecular flexibility index (Phi) is 2.60. The molecule has 0 fully saturated rings. The lowest BCUT2D eigenvalue weighted by atomic mass is 10.1. The molecule has 2 heteroatoms. The summed E-state index contributed by atoms with van der Waals surface area (Å²) in [6.07, 6.45) is 0.457. The quantitative estimate of drug-likeness (QED) is 0.607. The van der Waals surface area contributed by atoms with Gasteiger partial charge in [0, 0.05) is 6.42 Å². The van der Waals surface area contributed by atoms with Crippen LogP contribution < -0.4 is 0 Å². The second kappa shape index (κ2) is 3.68. The summed E-state index contributed by atoms with van der Waals surface area (Å²) in [5, 5.41) is 0. The minimum atomic E-state index is 0.144. The van der Waals surface area contributed by atoms with Gasteiger partial charge in [0.2, 0.25) is 0 Å². The van der Waals surface area contributed by atoms with Gasteiger partial charge in [-0.1, -0.05) is 24.3 Å². The van der Waals surface area contributed by atoms with Crippen molar-refractivity contribution in [3.05, 3.63) is 41.2 Å². The molecule has 0 saturated carbocycles. The molecule has 0 N–H and O–H groups in total. The van der Waals surface area contributed by atoms with Gasteiger partial charge < -0.3 is 0 Å². The van der Waals surface area contributed by atoms with Crippen LogP contribution in [0.25, 0.3) is 4.85 Å².